The number of alkyl halides is 3. The van der Waals surface area contributed by atoms with Gasteiger partial charge in [-0.2, -0.15) is 13.2 Å². The fourth-order valence-electron chi connectivity index (χ4n) is 3.19. The summed E-state index contributed by atoms with van der Waals surface area (Å²) in [6.45, 7) is 4.19. The first-order chi connectivity index (χ1) is 14.2. The zero-order valence-corrected chi connectivity index (χ0v) is 16.2. The van der Waals surface area contributed by atoms with Gasteiger partial charge in [0, 0.05) is 38.9 Å². The predicted molar refractivity (Wildman–Crippen MR) is 108 cm³/mol. The molecule has 1 fully saturated rings. The number of carboxylic acids is 1. The van der Waals surface area contributed by atoms with E-state index in [0.29, 0.717) is 0 Å². The molecule has 4 rings (SSSR count). The Morgan fingerprint density at radius 2 is 1.60 bits per heavy atom. The highest BCUT2D eigenvalue weighted by atomic mass is 19.4. The van der Waals surface area contributed by atoms with E-state index < -0.39 is 12.1 Å². The number of carbonyl (C=O) groups is 1. The summed E-state index contributed by atoms with van der Waals surface area (Å²) in [6, 6.07) is 14.8. The van der Waals surface area contributed by atoms with Gasteiger partial charge in [-0.25, -0.2) is 9.59 Å². The van der Waals surface area contributed by atoms with E-state index in [-0.39, 0.29) is 5.69 Å². The Balaban J connectivity index is 0.000000318. The third-order valence-electron chi connectivity index (χ3n) is 4.83. The van der Waals surface area contributed by atoms with Gasteiger partial charge < -0.3 is 20.3 Å². The summed E-state index contributed by atoms with van der Waals surface area (Å²) in [7, 11) is 1.79. The summed E-state index contributed by atoms with van der Waals surface area (Å²) < 4.78 is 33.4. The number of H-pyrrole nitrogens is 1. The molecule has 160 valence electrons. The minimum absolute atomic E-state index is 0.0776. The van der Waals surface area contributed by atoms with Crippen LogP contribution in [0, 0.1) is 0 Å². The largest absolute Gasteiger partial charge is 0.490 e. The van der Waals surface area contributed by atoms with Crippen molar-refractivity contribution < 1.29 is 23.1 Å². The molecule has 0 unspecified atom stereocenters. The van der Waals surface area contributed by atoms with E-state index in [1.165, 1.54) is 11.3 Å². The van der Waals surface area contributed by atoms with Crippen LogP contribution >= 0.6 is 0 Å². The average molecular weight is 422 g/mol. The summed E-state index contributed by atoms with van der Waals surface area (Å²) in [6.07, 6.45) is -5.08. The summed E-state index contributed by atoms with van der Waals surface area (Å²) >= 11 is 0. The highest BCUT2D eigenvalue weighted by Gasteiger charge is 2.38. The quantitative estimate of drug-likeness (QED) is 0.591. The number of benzene rings is 2. The van der Waals surface area contributed by atoms with E-state index in [4.69, 9.17) is 9.90 Å². The molecule has 7 nitrogen and oxygen atoms in total. The maximum absolute atomic E-state index is 11.7. The second kappa shape index (κ2) is 8.62. The molecule has 3 aromatic rings. The lowest BCUT2D eigenvalue weighted by molar-refractivity contribution is -0.192. The number of aromatic amines is 1. The van der Waals surface area contributed by atoms with Crippen molar-refractivity contribution in [3.05, 3.63) is 52.9 Å². The molecule has 2 heterocycles. The number of anilines is 1. The van der Waals surface area contributed by atoms with Crippen LogP contribution in [-0.2, 0) is 11.8 Å². The van der Waals surface area contributed by atoms with Crippen LogP contribution in [0.15, 0.2) is 47.3 Å². The van der Waals surface area contributed by atoms with Crippen molar-refractivity contribution in [1.29, 1.82) is 0 Å². The van der Waals surface area contributed by atoms with Crippen LogP contribution in [0.5, 0.6) is 0 Å². The molecule has 0 saturated carbocycles. The molecule has 2 aromatic carbocycles. The van der Waals surface area contributed by atoms with Crippen molar-refractivity contribution in [3.63, 3.8) is 0 Å². The molecule has 30 heavy (non-hydrogen) atoms. The lowest BCUT2D eigenvalue weighted by Gasteiger charge is -2.29. The fourth-order valence-corrected chi connectivity index (χ4v) is 3.19. The lowest BCUT2D eigenvalue weighted by atomic mass is 10.0. The molecular weight excluding hydrogens is 401 g/mol. The SMILES string of the molecule is Cn1c(=O)[nH]c2ccc(-c3ccc(N4CCNCC4)cc3)cc21.O=C(O)C(F)(F)F. The maximum atomic E-state index is 11.7. The van der Waals surface area contributed by atoms with Gasteiger partial charge in [0.15, 0.2) is 0 Å². The van der Waals surface area contributed by atoms with Crippen LogP contribution in [0.25, 0.3) is 22.2 Å². The number of hydrogen-bond acceptors (Lipinski definition) is 4. The Morgan fingerprint density at radius 3 is 2.17 bits per heavy atom. The van der Waals surface area contributed by atoms with E-state index in [1.807, 2.05) is 6.07 Å². The molecule has 1 aromatic heterocycles. The van der Waals surface area contributed by atoms with Crippen LogP contribution in [0.3, 0.4) is 0 Å². The molecule has 1 aliphatic heterocycles. The van der Waals surface area contributed by atoms with Crippen LogP contribution in [0.1, 0.15) is 0 Å². The number of piperazine rings is 1. The van der Waals surface area contributed by atoms with Gasteiger partial charge in [-0.15, -0.1) is 0 Å². The number of aryl methyl sites for hydroxylation is 1. The maximum Gasteiger partial charge on any atom is 0.490 e. The Morgan fingerprint density at radius 1 is 1.03 bits per heavy atom. The van der Waals surface area contributed by atoms with Gasteiger partial charge in [0.1, 0.15) is 0 Å². The minimum atomic E-state index is -5.08. The number of aromatic nitrogens is 2. The Labute approximate surface area is 169 Å². The smallest absolute Gasteiger partial charge is 0.475 e. The third-order valence-corrected chi connectivity index (χ3v) is 4.83. The number of nitrogens with one attached hydrogen (secondary N) is 2. The molecule has 0 aliphatic carbocycles. The van der Waals surface area contributed by atoms with E-state index >= 15 is 0 Å². The molecular formula is C20H21F3N4O3. The van der Waals surface area contributed by atoms with Crippen LogP contribution in [0.4, 0.5) is 18.9 Å². The molecule has 10 heteroatoms. The van der Waals surface area contributed by atoms with E-state index in [2.05, 4.69) is 51.6 Å². The standard InChI is InChI=1S/C18H20N4O.C2HF3O2/c1-21-17-12-14(4-7-16(17)20-18(21)23)13-2-5-15(6-3-13)22-10-8-19-9-11-22;3-2(4,5)1(6)7/h2-7,12,19H,8-11H2,1H3,(H,20,23);(H,6,7). The van der Waals surface area contributed by atoms with Gasteiger partial charge in [0.25, 0.3) is 0 Å². The van der Waals surface area contributed by atoms with Crippen molar-refractivity contribution in [2.24, 2.45) is 7.05 Å². The Kier molecular flexibility index (Phi) is 6.16. The topological polar surface area (TPSA) is 90.4 Å². The zero-order chi connectivity index (χ0) is 21.9. The number of fused-ring (bicyclic) bond motifs is 1. The van der Waals surface area contributed by atoms with Gasteiger partial charge in [0.2, 0.25) is 0 Å². The summed E-state index contributed by atoms with van der Waals surface area (Å²) in [5.74, 6) is -2.76. The first-order valence-corrected chi connectivity index (χ1v) is 9.22. The molecule has 1 saturated heterocycles. The van der Waals surface area contributed by atoms with Gasteiger partial charge in [-0.05, 0) is 35.4 Å². The van der Waals surface area contributed by atoms with Gasteiger partial charge >= 0.3 is 17.8 Å². The number of carboxylic acid groups (broad SMARTS) is 1. The van der Waals surface area contributed by atoms with E-state index in [1.54, 1.807) is 11.6 Å². The fraction of sp³-hybridized carbons (Fsp3) is 0.300. The second-order valence-electron chi connectivity index (χ2n) is 6.81. The van der Waals surface area contributed by atoms with Gasteiger partial charge in [-0.1, -0.05) is 18.2 Å². The number of imidazole rings is 1. The van der Waals surface area contributed by atoms with Gasteiger partial charge in [0.05, 0.1) is 11.0 Å². The minimum Gasteiger partial charge on any atom is -0.475 e. The zero-order valence-electron chi connectivity index (χ0n) is 16.2. The monoisotopic (exact) mass is 422 g/mol. The number of rotatable bonds is 2. The van der Waals surface area contributed by atoms with E-state index in [0.717, 1.165) is 42.8 Å². The average Bonchev–Trinajstić information content (AvgIpc) is 3.02. The number of halogens is 3. The van der Waals surface area contributed by atoms with Crippen molar-refractivity contribution in [3.8, 4) is 11.1 Å². The first-order valence-electron chi connectivity index (χ1n) is 9.22. The first kappa shape index (κ1) is 21.4. The third kappa shape index (κ3) is 4.82. The van der Waals surface area contributed by atoms with Crippen molar-refractivity contribution >= 4 is 22.7 Å². The molecule has 1 aliphatic rings. The van der Waals surface area contributed by atoms with Crippen LogP contribution < -0.4 is 15.9 Å². The molecule has 0 amide bonds. The number of hydrogen-bond donors (Lipinski definition) is 3. The van der Waals surface area contributed by atoms with Crippen molar-refractivity contribution in [2.45, 2.75) is 6.18 Å². The molecule has 0 atom stereocenters. The van der Waals surface area contributed by atoms with Gasteiger partial charge in [-0.3, -0.25) is 4.57 Å². The lowest BCUT2D eigenvalue weighted by Crippen LogP contribution is -2.43. The molecule has 0 bridgehead atoms. The Hall–Kier alpha value is -3.27. The molecule has 3 N–H and O–H groups in total. The molecule has 0 radical (unpaired) electrons. The van der Waals surface area contributed by atoms with Crippen molar-refractivity contribution in [1.82, 2.24) is 14.9 Å². The molecule has 0 spiro atoms. The van der Waals surface area contributed by atoms with Crippen molar-refractivity contribution in [2.75, 3.05) is 31.1 Å². The Bertz CT molecular complexity index is 1080. The highest BCUT2D eigenvalue weighted by Crippen LogP contribution is 2.25. The predicted octanol–water partition coefficient (Wildman–Crippen LogP) is 2.58. The number of aliphatic carboxylic acids is 1. The summed E-state index contributed by atoms with van der Waals surface area (Å²) in [5.41, 5.74) is 5.28. The van der Waals surface area contributed by atoms with Crippen LogP contribution in [0.2, 0.25) is 0 Å². The van der Waals surface area contributed by atoms with E-state index in [9.17, 15) is 18.0 Å². The summed E-state index contributed by atoms with van der Waals surface area (Å²) in [5, 5.41) is 10.5. The highest BCUT2D eigenvalue weighted by molar-refractivity contribution is 5.82. The normalized spacial score (nSPS) is 14.3. The van der Waals surface area contributed by atoms with Crippen LogP contribution in [-0.4, -0.2) is 53.0 Å². The number of nitrogens with zero attached hydrogens (tertiary/aromatic N) is 2. The summed E-state index contributed by atoms with van der Waals surface area (Å²) in [4.78, 5) is 25.9. The second-order valence-corrected chi connectivity index (χ2v) is 6.81.